The molecule has 0 aromatic rings. The number of fused-ring (bicyclic) bond motifs is 5. The third kappa shape index (κ3) is 8.42. The molecule has 0 amide bonds. The van der Waals surface area contributed by atoms with Gasteiger partial charge in [0.05, 0.1) is 30.8 Å². The van der Waals surface area contributed by atoms with Crippen molar-refractivity contribution in [3.63, 3.8) is 0 Å². The molecule has 4 rings (SSSR count). The molecule has 1 heterocycles. The van der Waals surface area contributed by atoms with Crippen molar-refractivity contribution in [2.24, 2.45) is 58.2 Å². The lowest BCUT2D eigenvalue weighted by Gasteiger charge is -2.56. The highest BCUT2D eigenvalue weighted by atomic mass is 16.6. The molecule has 0 aromatic carbocycles. The molecule has 4 aliphatic rings. The van der Waals surface area contributed by atoms with Gasteiger partial charge in [-0.25, -0.2) is 0 Å². The van der Waals surface area contributed by atoms with E-state index in [0.29, 0.717) is 31.8 Å². The zero-order valence-electron chi connectivity index (χ0n) is 30.9. The summed E-state index contributed by atoms with van der Waals surface area (Å²) in [7, 11) is 0. The van der Waals surface area contributed by atoms with Crippen LogP contribution in [0.25, 0.3) is 0 Å². The van der Waals surface area contributed by atoms with Crippen LogP contribution in [-0.2, 0) is 19.1 Å². The van der Waals surface area contributed by atoms with E-state index >= 15 is 0 Å². The number of carbonyl (C=O) groups is 2. The Kier molecular flexibility index (Phi) is 13.7. The van der Waals surface area contributed by atoms with Crippen LogP contribution in [0.4, 0.5) is 0 Å². The van der Waals surface area contributed by atoms with Gasteiger partial charge < -0.3 is 24.8 Å². The Morgan fingerprint density at radius 1 is 0.894 bits per heavy atom. The summed E-state index contributed by atoms with van der Waals surface area (Å²) in [5.74, 6) is 0.460. The highest BCUT2D eigenvalue weighted by Gasteiger charge is 2.63. The Bertz CT molecular complexity index is 1010. The summed E-state index contributed by atoms with van der Waals surface area (Å²) in [6.45, 7) is 15.5. The largest absolute Gasteiger partial charge is 0.465 e. The molecule has 7 nitrogen and oxygen atoms in total. The van der Waals surface area contributed by atoms with E-state index in [9.17, 15) is 24.9 Å². The van der Waals surface area contributed by atoms with Gasteiger partial charge in [-0.3, -0.25) is 9.59 Å². The number of cyclic esters (lactones) is 1. The molecule has 7 heteroatoms. The third-order valence-corrected chi connectivity index (χ3v) is 14.3. The Balaban J connectivity index is 1.35. The smallest absolute Gasteiger partial charge is 0.309 e. The van der Waals surface area contributed by atoms with Crippen molar-refractivity contribution in [2.45, 2.75) is 176 Å². The molecule has 4 fully saturated rings. The molecular weight excluding hydrogens is 592 g/mol. The van der Waals surface area contributed by atoms with Crippen LogP contribution in [-0.4, -0.2) is 58.3 Å². The first-order valence-corrected chi connectivity index (χ1v) is 19.7. The van der Waals surface area contributed by atoms with Crippen LogP contribution in [0, 0.1) is 58.2 Å². The summed E-state index contributed by atoms with van der Waals surface area (Å²) in [6, 6.07) is 0. The number of carbonyl (C=O) groups excluding carboxylic acids is 2. The first-order chi connectivity index (χ1) is 22.3. The normalized spacial score (nSPS) is 37.9. The minimum atomic E-state index is -0.792. The van der Waals surface area contributed by atoms with E-state index in [1.54, 1.807) is 0 Å². The number of aliphatic hydroxyl groups is 3. The fraction of sp³-hybridized carbons (Fsp3) is 0.950. The minimum absolute atomic E-state index is 0.00857. The van der Waals surface area contributed by atoms with Gasteiger partial charge in [0.25, 0.3) is 0 Å². The van der Waals surface area contributed by atoms with E-state index in [2.05, 4.69) is 41.5 Å². The second kappa shape index (κ2) is 16.7. The van der Waals surface area contributed by atoms with Crippen molar-refractivity contribution in [1.82, 2.24) is 0 Å². The summed E-state index contributed by atoms with van der Waals surface area (Å²) in [5, 5.41) is 33.7. The summed E-state index contributed by atoms with van der Waals surface area (Å²) >= 11 is 0. The maximum absolute atomic E-state index is 13.6. The Morgan fingerprint density at radius 3 is 2.15 bits per heavy atom. The predicted octanol–water partition coefficient (Wildman–Crippen LogP) is 7.86. The van der Waals surface area contributed by atoms with Crippen molar-refractivity contribution in [3.05, 3.63) is 0 Å². The van der Waals surface area contributed by atoms with Crippen molar-refractivity contribution < 1.29 is 34.4 Å². The molecule has 3 aliphatic carbocycles. The Hall–Kier alpha value is -1.18. The van der Waals surface area contributed by atoms with Crippen LogP contribution in [0.15, 0.2) is 0 Å². The molecule has 3 N–H and O–H groups in total. The zero-order valence-corrected chi connectivity index (χ0v) is 30.9. The monoisotopic (exact) mass is 663 g/mol. The Morgan fingerprint density at radius 2 is 1.51 bits per heavy atom. The molecule has 1 saturated heterocycles. The van der Waals surface area contributed by atoms with Crippen molar-refractivity contribution in [1.29, 1.82) is 0 Å². The van der Waals surface area contributed by atoms with Crippen LogP contribution < -0.4 is 0 Å². The lowest BCUT2D eigenvalue weighted by atomic mass is 9.48. The van der Waals surface area contributed by atoms with E-state index in [4.69, 9.17) is 9.47 Å². The van der Waals surface area contributed by atoms with Gasteiger partial charge in [-0.15, -0.1) is 0 Å². The topological polar surface area (TPSA) is 113 Å². The van der Waals surface area contributed by atoms with E-state index in [1.165, 1.54) is 38.5 Å². The van der Waals surface area contributed by atoms with Crippen LogP contribution in [0.1, 0.15) is 151 Å². The van der Waals surface area contributed by atoms with Crippen molar-refractivity contribution in [2.75, 3.05) is 6.61 Å². The average Bonchev–Trinajstić information content (AvgIpc) is 3.34. The number of unbranched alkanes of at least 4 members (excludes halogenated alkanes) is 8. The number of rotatable bonds is 16. The number of esters is 2. The van der Waals surface area contributed by atoms with Gasteiger partial charge in [0.1, 0.15) is 6.10 Å². The van der Waals surface area contributed by atoms with Crippen LogP contribution in [0.2, 0.25) is 0 Å². The molecule has 0 radical (unpaired) electrons. The highest BCUT2D eigenvalue weighted by Crippen LogP contribution is 2.66. The SMILES string of the molecule is CCCCCCCCCCCC(=O)O[C@@H]1C[C@@H]2C(=O)OC[C@@H]3[C@H](CC[C@]4(C)[C@@H]([C@H](C)[C@@H](O)[C@H](O)[C@H](C)C(C)C)CC[C@@H]34)[C@@]2(C)C[C@H]1O. The van der Waals surface area contributed by atoms with Gasteiger partial charge in [0.2, 0.25) is 0 Å². The summed E-state index contributed by atoms with van der Waals surface area (Å²) < 4.78 is 11.9. The van der Waals surface area contributed by atoms with E-state index in [-0.39, 0.29) is 52.9 Å². The van der Waals surface area contributed by atoms with Crippen LogP contribution >= 0.6 is 0 Å². The summed E-state index contributed by atoms with van der Waals surface area (Å²) in [5.41, 5.74) is -0.434. The molecule has 1 aliphatic heterocycles. The van der Waals surface area contributed by atoms with Gasteiger partial charge in [0, 0.05) is 12.8 Å². The maximum atomic E-state index is 13.6. The highest BCUT2D eigenvalue weighted by molar-refractivity contribution is 5.74. The quantitative estimate of drug-likeness (QED) is 0.114. The second-order valence-electron chi connectivity index (χ2n) is 17.4. The molecule has 13 atom stereocenters. The Labute approximate surface area is 286 Å². The lowest BCUT2D eigenvalue weighted by Crippen LogP contribution is -2.55. The van der Waals surface area contributed by atoms with Gasteiger partial charge in [-0.2, -0.15) is 0 Å². The average molecular weight is 663 g/mol. The minimum Gasteiger partial charge on any atom is -0.465 e. The van der Waals surface area contributed by atoms with E-state index < -0.39 is 35.7 Å². The lowest BCUT2D eigenvalue weighted by molar-refractivity contribution is -0.178. The second-order valence-corrected chi connectivity index (χ2v) is 17.4. The fourth-order valence-electron chi connectivity index (χ4n) is 10.9. The maximum Gasteiger partial charge on any atom is 0.309 e. The third-order valence-electron chi connectivity index (χ3n) is 14.3. The van der Waals surface area contributed by atoms with Crippen LogP contribution in [0.5, 0.6) is 0 Å². The van der Waals surface area contributed by atoms with Gasteiger partial charge in [-0.1, -0.05) is 99.8 Å². The molecular formula is C40H70O7. The summed E-state index contributed by atoms with van der Waals surface area (Å²) in [4.78, 5) is 26.4. The number of hydrogen-bond acceptors (Lipinski definition) is 7. The van der Waals surface area contributed by atoms with E-state index in [0.717, 1.165) is 44.9 Å². The zero-order chi connectivity index (χ0) is 34.5. The number of ether oxygens (including phenoxy) is 2. The molecule has 0 spiro atoms. The molecule has 0 bridgehead atoms. The number of hydrogen-bond donors (Lipinski definition) is 3. The number of aliphatic hydroxyl groups excluding tert-OH is 3. The first kappa shape index (κ1) is 38.6. The van der Waals surface area contributed by atoms with Gasteiger partial charge in [0.15, 0.2) is 0 Å². The molecule has 47 heavy (non-hydrogen) atoms. The summed E-state index contributed by atoms with van der Waals surface area (Å²) in [6.07, 6.45) is 12.7. The van der Waals surface area contributed by atoms with Crippen LogP contribution in [0.3, 0.4) is 0 Å². The standard InChI is InChI=1S/C40H70O7/c1-8-9-10-11-12-13-14-15-16-17-35(42)47-34-22-32-38(45)46-24-28-30-19-18-29(27(5)37(44)36(43)26(4)25(2)3)39(30,6)21-20-31(28)40(32,7)23-33(34)41/h25-34,36-37,41,43-44H,8-24H2,1-7H3/t26-,27+,28+,29-,30+,31+,32-,33-,34-,36-,37-,39-,40-/m1/s1. The van der Waals surface area contributed by atoms with E-state index in [1.807, 2.05) is 6.92 Å². The van der Waals surface area contributed by atoms with Crippen molar-refractivity contribution in [3.8, 4) is 0 Å². The van der Waals surface area contributed by atoms with Gasteiger partial charge in [-0.05, 0) is 90.8 Å². The molecule has 272 valence electrons. The molecule has 0 aromatic heterocycles. The fourth-order valence-corrected chi connectivity index (χ4v) is 10.9. The molecule has 0 unspecified atom stereocenters. The van der Waals surface area contributed by atoms with Crippen molar-refractivity contribution >= 4 is 11.9 Å². The van der Waals surface area contributed by atoms with Gasteiger partial charge >= 0.3 is 11.9 Å². The first-order valence-electron chi connectivity index (χ1n) is 19.7. The molecule has 3 saturated carbocycles. The predicted molar refractivity (Wildman–Crippen MR) is 185 cm³/mol.